The van der Waals surface area contributed by atoms with Crippen molar-refractivity contribution in [3.63, 3.8) is 0 Å². The number of rotatable bonds is 11. The van der Waals surface area contributed by atoms with Crippen LogP contribution < -0.4 is 25.8 Å². The van der Waals surface area contributed by atoms with Crippen LogP contribution in [0.2, 0.25) is 0 Å². The van der Waals surface area contributed by atoms with Crippen molar-refractivity contribution in [3.8, 4) is 11.5 Å². The van der Waals surface area contributed by atoms with Crippen LogP contribution in [0.5, 0.6) is 11.5 Å². The fourth-order valence-corrected chi connectivity index (χ4v) is 2.48. The minimum absolute atomic E-state index is 0.207. The van der Waals surface area contributed by atoms with E-state index in [1.165, 1.54) is 7.11 Å². The van der Waals surface area contributed by atoms with Crippen LogP contribution in [0.1, 0.15) is 12.5 Å². The lowest BCUT2D eigenvalue weighted by molar-refractivity contribution is -0.119. The molecule has 1 atom stereocenters. The third kappa shape index (κ3) is 7.65. The number of nitrogens with one attached hydrogen (secondary N) is 2. The average molecular weight is 390 g/mol. The van der Waals surface area contributed by atoms with Crippen LogP contribution in [0.25, 0.3) is 0 Å². The van der Waals surface area contributed by atoms with Crippen LogP contribution in [-0.2, 0) is 11.3 Å². The molecule has 0 heterocycles. The second-order valence-corrected chi connectivity index (χ2v) is 5.95. The van der Waals surface area contributed by atoms with Gasteiger partial charge in [0.25, 0.3) is 5.91 Å². The van der Waals surface area contributed by atoms with Gasteiger partial charge in [-0.25, -0.2) is 0 Å². The standard InChI is InChI=1S/C15H24BrN3O4/c1-10(20)7-18-3-4-19-8-11-5-12(16)15(13(6-11)22-2)23-9-14(17)21/h5-6,10,18-20H,3-4,7-9H2,1-2H3,(H2,17,21)/t10-/m0/s1. The van der Waals surface area contributed by atoms with E-state index in [-0.39, 0.29) is 12.7 Å². The highest BCUT2D eigenvalue weighted by Crippen LogP contribution is 2.36. The third-order valence-electron chi connectivity index (χ3n) is 2.90. The van der Waals surface area contributed by atoms with Crippen LogP contribution in [0, 0.1) is 0 Å². The van der Waals surface area contributed by atoms with Crippen molar-refractivity contribution in [2.75, 3.05) is 33.4 Å². The van der Waals surface area contributed by atoms with Crippen LogP contribution in [0.4, 0.5) is 0 Å². The van der Waals surface area contributed by atoms with E-state index in [9.17, 15) is 4.79 Å². The van der Waals surface area contributed by atoms with Crippen molar-refractivity contribution in [1.29, 1.82) is 0 Å². The van der Waals surface area contributed by atoms with Crippen molar-refractivity contribution in [1.82, 2.24) is 10.6 Å². The number of halogens is 1. The Labute approximate surface area is 144 Å². The molecule has 0 bridgehead atoms. The van der Waals surface area contributed by atoms with Gasteiger partial charge in [-0.3, -0.25) is 4.79 Å². The van der Waals surface area contributed by atoms with E-state index in [4.69, 9.17) is 20.3 Å². The topological polar surface area (TPSA) is 106 Å². The lowest BCUT2D eigenvalue weighted by Crippen LogP contribution is -2.31. The molecule has 0 fully saturated rings. The number of carbonyl (C=O) groups excluding carboxylic acids is 1. The molecule has 23 heavy (non-hydrogen) atoms. The molecule has 1 aromatic carbocycles. The van der Waals surface area contributed by atoms with Crippen molar-refractivity contribution >= 4 is 21.8 Å². The monoisotopic (exact) mass is 389 g/mol. The van der Waals surface area contributed by atoms with Crippen LogP contribution in [0.3, 0.4) is 0 Å². The zero-order chi connectivity index (χ0) is 17.2. The van der Waals surface area contributed by atoms with E-state index >= 15 is 0 Å². The van der Waals surface area contributed by atoms with E-state index in [0.29, 0.717) is 29.1 Å². The Morgan fingerprint density at radius 2 is 2.09 bits per heavy atom. The number of benzene rings is 1. The quantitative estimate of drug-likeness (QED) is 0.407. The molecule has 0 aromatic heterocycles. The second kappa shape index (κ2) is 10.4. The molecule has 0 aliphatic rings. The van der Waals surface area contributed by atoms with Gasteiger partial charge in [0.2, 0.25) is 0 Å². The minimum Gasteiger partial charge on any atom is -0.493 e. The number of methoxy groups -OCH3 is 1. The van der Waals surface area contributed by atoms with Gasteiger partial charge >= 0.3 is 0 Å². The summed E-state index contributed by atoms with van der Waals surface area (Å²) in [6, 6.07) is 3.74. The van der Waals surface area contributed by atoms with Gasteiger partial charge in [-0.15, -0.1) is 0 Å². The fraction of sp³-hybridized carbons (Fsp3) is 0.533. The van der Waals surface area contributed by atoms with E-state index < -0.39 is 5.91 Å². The van der Waals surface area contributed by atoms with Crippen LogP contribution in [-0.4, -0.2) is 50.5 Å². The molecule has 7 nitrogen and oxygen atoms in total. The highest BCUT2D eigenvalue weighted by molar-refractivity contribution is 9.10. The van der Waals surface area contributed by atoms with Gasteiger partial charge < -0.3 is 30.9 Å². The van der Waals surface area contributed by atoms with Crippen molar-refractivity contribution in [2.24, 2.45) is 5.73 Å². The number of nitrogens with two attached hydrogens (primary N) is 1. The van der Waals surface area contributed by atoms with Gasteiger partial charge in [-0.05, 0) is 40.5 Å². The van der Waals surface area contributed by atoms with Gasteiger partial charge in [0.05, 0.1) is 17.7 Å². The number of ether oxygens (including phenoxy) is 2. The highest BCUT2D eigenvalue weighted by Gasteiger charge is 2.12. The Hall–Kier alpha value is -1.35. The Kier molecular flexibility index (Phi) is 8.93. The molecule has 0 spiro atoms. The number of primary amides is 1. The highest BCUT2D eigenvalue weighted by atomic mass is 79.9. The van der Waals surface area contributed by atoms with E-state index in [1.807, 2.05) is 12.1 Å². The fourth-order valence-electron chi connectivity index (χ4n) is 1.88. The largest absolute Gasteiger partial charge is 0.493 e. The maximum absolute atomic E-state index is 10.8. The summed E-state index contributed by atoms with van der Waals surface area (Å²) in [7, 11) is 1.54. The average Bonchev–Trinajstić information content (AvgIpc) is 2.48. The summed E-state index contributed by atoms with van der Waals surface area (Å²) in [5.41, 5.74) is 6.09. The molecule has 8 heteroatoms. The van der Waals surface area contributed by atoms with E-state index in [0.717, 1.165) is 18.7 Å². The van der Waals surface area contributed by atoms with Crippen molar-refractivity contribution in [3.05, 3.63) is 22.2 Å². The molecule has 130 valence electrons. The zero-order valence-corrected chi connectivity index (χ0v) is 15.0. The molecular weight excluding hydrogens is 366 g/mol. The summed E-state index contributed by atoms with van der Waals surface area (Å²) in [5, 5.41) is 15.6. The summed E-state index contributed by atoms with van der Waals surface area (Å²) in [4.78, 5) is 10.8. The smallest absolute Gasteiger partial charge is 0.255 e. The molecule has 1 amide bonds. The lowest BCUT2D eigenvalue weighted by Gasteiger charge is -2.14. The van der Waals surface area contributed by atoms with Crippen LogP contribution in [0.15, 0.2) is 16.6 Å². The van der Waals surface area contributed by atoms with Gasteiger partial charge in [0.15, 0.2) is 18.1 Å². The van der Waals surface area contributed by atoms with E-state index in [1.54, 1.807) is 6.92 Å². The van der Waals surface area contributed by atoms with E-state index in [2.05, 4.69) is 26.6 Å². The molecule has 0 radical (unpaired) electrons. The molecule has 0 saturated carbocycles. The molecular formula is C15H24BrN3O4. The molecule has 5 N–H and O–H groups in total. The molecule has 0 saturated heterocycles. The Balaban J connectivity index is 2.53. The first kappa shape index (κ1) is 19.7. The number of amides is 1. The normalized spacial score (nSPS) is 12.0. The first-order valence-electron chi connectivity index (χ1n) is 7.31. The van der Waals surface area contributed by atoms with Gasteiger partial charge in [0.1, 0.15) is 0 Å². The number of aliphatic hydroxyl groups excluding tert-OH is 1. The molecule has 1 aromatic rings. The number of hydrogen-bond acceptors (Lipinski definition) is 6. The molecule has 0 unspecified atom stereocenters. The SMILES string of the molecule is COc1cc(CNCCNC[C@H](C)O)cc(Br)c1OCC(N)=O. The number of hydrogen-bond donors (Lipinski definition) is 4. The summed E-state index contributed by atoms with van der Waals surface area (Å²) in [5.74, 6) is 0.438. The number of aliphatic hydroxyl groups is 1. The van der Waals surface area contributed by atoms with Gasteiger partial charge in [-0.2, -0.15) is 0 Å². The first-order valence-corrected chi connectivity index (χ1v) is 8.10. The number of carbonyl (C=O) groups is 1. The predicted molar refractivity (Wildman–Crippen MR) is 91.6 cm³/mol. The van der Waals surface area contributed by atoms with Gasteiger partial charge in [0, 0.05) is 26.2 Å². The second-order valence-electron chi connectivity index (χ2n) is 5.09. The maximum Gasteiger partial charge on any atom is 0.255 e. The maximum atomic E-state index is 10.8. The first-order chi connectivity index (χ1) is 10.9. The lowest BCUT2D eigenvalue weighted by atomic mass is 10.2. The summed E-state index contributed by atoms with van der Waals surface area (Å²) in [6.07, 6.45) is -0.344. The Bertz CT molecular complexity index is 512. The minimum atomic E-state index is -0.547. The predicted octanol–water partition coefficient (Wildman–Crippen LogP) is 0.382. The Morgan fingerprint density at radius 3 is 2.70 bits per heavy atom. The molecule has 1 rings (SSSR count). The summed E-state index contributed by atoms with van der Waals surface area (Å²) >= 11 is 3.41. The molecule has 0 aliphatic carbocycles. The van der Waals surface area contributed by atoms with Crippen LogP contribution >= 0.6 is 15.9 Å². The van der Waals surface area contributed by atoms with Crippen molar-refractivity contribution in [2.45, 2.75) is 19.6 Å². The van der Waals surface area contributed by atoms with Gasteiger partial charge in [-0.1, -0.05) is 0 Å². The summed E-state index contributed by atoms with van der Waals surface area (Å²) < 4.78 is 11.3. The Morgan fingerprint density at radius 1 is 1.39 bits per heavy atom. The zero-order valence-electron chi connectivity index (χ0n) is 13.4. The summed E-state index contributed by atoms with van der Waals surface area (Å²) in [6.45, 7) is 4.30. The third-order valence-corrected chi connectivity index (χ3v) is 3.48. The van der Waals surface area contributed by atoms with Crippen molar-refractivity contribution < 1.29 is 19.4 Å². The molecule has 0 aliphatic heterocycles.